The van der Waals surface area contributed by atoms with Gasteiger partial charge < -0.3 is 4.74 Å². The van der Waals surface area contributed by atoms with E-state index in [0.29, 0.717) is 0 Å². The molecule has 0 rings (SSSR count). The van der Waals surface area contributed by atoms with E-state index in [1.807, 2.05) is 0 Å². The smallest absolute Gasteiger partial charge is 0.323 e. The molecular weight excluding hydrogens is 204 g/mol. The standard InChI is InChI=1S/C10H19F2NO2/c1-7(13(5)6-8(11)12)9(14)15-10(2,3)4/h7-8H,6H2,1-5H3. The summed E-state index contributed by atoms with van der Waals surface area (Å²) in [7, 11) is 1.47. The number of nitrogens with zero attached hydrogens (tertiary/aromatic N) is 1. The number of halogens is 2. The molecule has 0 N–H and O–H groups in total. The van der Waals surface area contributed by atoms with Gasteiger partial charge in [-0.3, -0.25) is 9.69 Å². The average Bonchev–Trinajstić information content (AvgIpc) is 1.98. The molecule has 0 amide bonds. The predicted molar refractivity (Wildman–Crippen MR) is 53.9 cm³/mol. The normalized spacial score (nSPS) is 14.5. The molecule has 0 aliphatic carbocycles. The molecule has 0 radical (unpaired) electrons. The SMILES string of the molecule is CC(C(=O)OC(C)(C)C)N(C)CC(F)F. The number of likely N-dealkylation sites (N-methyl/N-ethyl adjacent to an activating group) is 1. The van der Waals surface area contributed by atoms with E-state index >= 15 is 0 Å². The number of carbonyl (C=O) groups is 1. The Kier molecular flexibility index (Phi) is 5.14. The van der Waals surface area contributed by atoms with Crippen molar-refractivity contribution in [1.29, 1.82) is 0 Å². The summed E-state index contributed by atoms with van der Waals surface area (Å²) >= 11 is 0. The van der Waals surface area contributed by atoms with E-state index in [2.05, 4.69) is 0 Å². The molecule has 3 nitrogen and oxygen atoms in total. The highest BCUT2D eigenvalue weighted by Crippen LogP contribution is 2.11. The lowest BCUT2D eigenvalue weighted by molar-refractivity contribution is -0.160. The molecule has 0 bridgehead atoms. The van der Waals surface area contributed by atoms with E-state index in [1.54, 1.807) is 27.7 Å². The maximum Gasteiger partial charge on any atom is 0.323 e. The first kappa shape index (κ1) is 14.3. The van der Waals surface area contributed by atoms with Gasteiger partial charge in [-0.05, 0) is 34.7 Å². The quantitative estimate of drug-likeness (QED) is 0.682. The van der Waals surface area contributed by atoms with Gasteiger partial charge in [-0.15, -0.1) is 0 Å². The van der Waals surface area contributed by atoms with Crippen LogP contribution in [0.1, 0.15) is 27.7 Å². The molecule has 0 aliphatic heterocycles. The first-order chi connectivity index (χ1) is 6.63. The largest absolute Gasteiger partial charge is 0.459 e. The van der Waals surface area contributed by atoms with Crippen molar-refractivity contribution in [2.45, 2.75) is 45.8 Å². The van der Waals surface area contributed by atoms with E-state index in [9.17, 15) is 13.6 Å². The van der Waals surface area contributed by atoms with Crippen LogP contribution in [0.15, 0.2) is 0 Å². The lowest BCUT2D eigenvalue weighted by Crippen LogP contribution is -2.42. The minimum Gasteiger partial charge on any atom is -0.459 e. The number of esters is 1. The topological polar surface area (TPSA) is 29.5 Å². The highest BCUT2D eigenvalue weighted by molar-refractivity contribution is 5.75. The Morgan fingerprint density at radius 1 is 1.40 bits per heavy atom. The van der Waals surface area contributed by atoms with Crippen molar-refractivity contribution in [3.63, 3.8) is 0 Å². The van der Waals surface area contributed by atoms with E-state index in [1.165, 1.54) is 11.9 Å². The van der Waals surface area contributed by atoms with Crippen molar-refractivity contribution in [1.82, 2.24) is 4.90 Å². The van der Waals surface area contributed by atoms with Gasteiger partial charge in [-0.25, -0.2) is 8.78 Å². The van der Waals surface area contributed by atoms with Crippen molar-refractivity contribution in [3.05, 3.63) is 0 Å². The predicted octanol–water partition coefficient (Wildman–Crippen LogP) is 1.91. The Morgan fingerprint density at radius 3 is 2.20 bits per heavy atom. The minimum absolute atomic E-state index is 0.430. The van der Waals surface area contributed by atoms with Gasteiger partial charge in [0.1, 0.15) is 11.6 Å². The fraction of sp³-hybridized carbons (Fsp3) is 0.900. The lowest BCUT2D eigenvalue weighted by atomic mass is 10.2. The number of carbonyl (C=O) groups excluding carboxylic acids is 1. The summed E-state index contributed by atoms with van der Waals surface area (Å²) in [4.78, 5) is 12.7. The van der Waals surface area contributed by atoms with Gasteiger partial charge >= 0.3 is 5.97 Å². The summed E-state index contributed by atoms with van der Waals surface area (Å²) in [5.74, 6) is -0.481. The van der Waals surface area contributed by atoms with Crippen LogP contribution in [-0.4, -0.2) is 42.5 Å². The molecule has 1 atom stereocenters. The molecule has 0 spiro atoms. The Morgan fingerprint density at radius 2 is 1.87 bits per heavy atom. The highest BCUT2D eigenvalue weighted by atomic mass is 19.3. The lowest BCUT2D eigenvalue weighted by Gasteiger charge is -2.27. The van der Waals surface area contributed by atoms with Crippen LogP contribution >= 0.6 is 0 Å². The van der Waals surface area contributed by atoms with Gasteiger partial charge in [0.05, 0.1) is 6.54 Å². The summed E-state index contributed by atoms with van der Waals surface area (Å²) in [6.07, 6.45) is -2.44. The van der Waals surface area contributed by atoms with Crippen molar-refractivity contribution >= 4 is 5.97 Å². The third kappa shape index (κ3) is 6.38. The zero-order chi connectivity index (χ0) is 12.2. The molecule has 0 aliphatic rings. The zero-order valence-electron chi connectivity index (χ0n) is 9.88. The monoisotopic (exact) mass is 223 g/mol. The molecule has 5 heteroatoms. The van der Waals surface area contributed by atoms with E-state index in [0.717, 1.165) is 0 Å². The van der Waals surface area contributed by atoms with Crippen molar-refractivity contribution in [2.75, 3.05) is 13.6 Å². The molecule has 0 aromatic rings. The molecule has 15 heavy (non-hydrogen) atoms. The van der Waals surface area contributed by atoms with Gasteiger partial charge in [0.25, 0.3) is 6.43 Å². The van der Waals surface area contributed by atoms with Crippen LogP contribution in [0, 0.1) is 0 Å². The molecule has 0 saturated carbocycles. The Hall–Kier alpha value is -0.710. The number of ether oxygens (including phenoxy) is 1. The number of hydrogen-bond acceptors (Lipinski definition) is 3. The zero-order valence-corrected chi connectivity index (χ0v) is 9.88. The number of hydrogen-bond donors (Lipinski definition) is 0. The summed E-state index contributed by atoms with van der Waals surface area (Å²) in [6, 6.07) is -0.654. The fourth-order valence-corrected chi connectivity index (χ4v) is 0.943. The maximum absolute atomic E-state index is 12.1. The van der Waals surface area contributed by atoms with Crippen LogP contribution in [0.2, 0.25) is 0 Å². The fourth-order valence-electron chi connectivity index (χ4n) is 0.943. The summed E-state index contributed by atoms with van der Waals surface area (Å²) in [6.45, 7) is 6.34. The van der Waals surface area contributed by atoms with E-state index in [-0.39, 0.29) is 0 Å². The van der Waals surface area contributed by atoms with Crippen molar-refractivity contribution in [2.24, 2.45) is 0 Å². The molecule has 90 valence electrons. The summed E-state index contributed by atoms with van der Waals surface area (Å²) in [5, 5.41) is 0. The van der Waals surface area contributed by atoms with Crippen molar-refractivity contribution < 1.29 is 18.3 Å². The molecule has 0 heterocycles. The molecule has 0 saturated heterocycles. The summed E-state index contributed by atoms with van der Waals surface area (Å²) in [5.41, 5.74) is -0.586. The second-order valence-corrected chi connectivity index (χ2v) is 4.54. The van der Waals surface area contributed by atoms with Crippen LogP contribution in [0.5, 0.6) is 0 Å². The second kappa shape index (κ2) is 5.39. The van der Waals surface area contributed by atoms with Gasteiger partial charge in [-0.2, -0.15) is 0 Å². The van der Waals surface area contributed by atoms with Crippen LogP contribution in [0.3, 0.4) is 0 Å². The van der Waals surface area contributed by atoms with Crippen LogP contribution in [0.25, 0.3) is 0 Å². The molecule has 0 aromatic heterocycles. The third-order valence-electron chi connectivity index (χ3n) is 1.84. The molecular formula is C10H19F2NO2. The van der Waals surface area contributed by atoms with Gasteiger partial charge in [0, 0.05) is 0 Å². The van der Waals surface area contributed by atoms with Crippen LogP contribution in [-0.2, 0) is 9.53 Å². The third-order valence-corrected chi connectivity index (χ3v) is 1.84. The van der Waals surface area contributed by atoms with E-state index in [4.69, 9.17) is 4.74 Å². The number of alkyl halides is 2. The summed E-state index contributed by atoms with van der Waals surface area (Å²) < 4.78 is 29.2. The average molecular weight is 223 g/mol. The Bertz CT molecular complexity index is 214. The van der Waals surface area contributed by atoms with Crippen LogP contribution in [0.4, 0.5) is 8.78 Å². The first-order valence-electron chi connectivity index (χ1n) is 4.84. The van der Waals surface area contributed by atoms with Gasteiger partial charge in [-0.1, -0.05) is 0 Å². The maximum atomic E-state index is 12.1. The highest BCUT2D eigenvalue weighted by Gasteiger charge is 2.25. The number of rotatable bonds is 4. The Labute approximate surface area is 89.4 Å². The molecule has 0 fully saturated rings. The Balaban J connectivity index is 4.20. The minimum atomic E-state index is -2.44. The first-order valence-corrected chi connectivity index (χ1v) is 4.84. The van der Waals surface area contributed by atoms with Gasteiger partial charge in [0.15, 0.2) is 0 Å². The second-order valence-electron chi connectivity index (χ2n) is 4.54. The van der Waals surface area contributed by atoms with Crippen LogP contribution < -0.4 is 0 Å². The molecule has 1 unspecified atom stereocenters. The van der Waals surface area contributed by atoms with E-state index < -0.39 is 30.6 Å². The van der Waals surface area contributed by atoms with Gasteiger partial charge in [0.2, 0.25) is 0 Å². The van der Waals surface area contributed by atoms with Crippen molar-refractivity contribution in [3.8, 4) is 0 Å². The molecule has 0 aromatic carbocycles.